The summed E-state index contributed by atoms with van der Waals surface area (Å²) in [6.45, 7) is 2.95. The Bertz CT molecular complexity index is 562. The molecule has 6 nitrogen and oxygen atoms in total. The zero-order valence-electron chi connectivity index (χ0n) is 12.6. The van der Waals surface area contributed by atoms with Gasteiger partial charge in [0.2, 0.25) is 5.88 Å². The van der Waals surface area contributed by atoms with E-state index in [-0.39, 0.29) is 17.7 Å². The summed E-state index contributed by atoms with van der Waals surface area (Å²) < 4.78 is 28.5. The number of aromatic nitrogens is 2. The molecule has 1 fully saturated rings. The highest BCUT2D eigenvalue weighted by Crippen LogP contribution is 2.31. The van der Waals surface area contributed by atoms with E-state index in [0.29, 0.717) is 11.6 Å². The highest BCUT2D eigenvalue weighted by molar-refractivity contribution is 7.91. The van der Waals surface area contributed by atoms with Crippen LogP contribution in [0, 0.1) is 5.92 Å². The average Bonchev–Trinajstić information content (AvgIpc) is 2.82. The van der Waals surface area contributed by atoms with Crippen LogP contribution in [0.15, 0.2) is 12.4 Å². The molecule has 0 aromatic carbocycles. The van der Waals surface area contributed by atoms with E-state index in [4.69, 9.17) is 4.74 Å². The molecule has 1 aromatic rings. The number of rotatable bonds is 7. The lowest BCUT2D eigenvalue weighted by Gasteiger charge is -2.21. The maximum absolute atomic E-state index is 11.6. The van der Waals surface area contributed by atoms with Crippen LogP contribution in [0.1, 0.15) is 37.9 Å². The van der Waals surface area contributed by atoms with Crippen LogP contribution in [0.4, 0.5) is 0 Å². The van der Waals surface area contributed by atoms with Crippen LogP contribution in [0.25, 0.3) is 0 Å². The number of nitrogens with one attached hydrogen (secondary N) is 1. The Kier molecular flexibility index (Phi) is 5.52. The second-order valence-corrected chi connectivity index (χ2v) is 7.69. The van der Waals surface area contributed by atoms with E-state index in [1.807, 2.05) is 0 Å². The molecule has 0 saturated carbocycles. The second-order valence-electron chi connectivity index (χ2n) is 5.46. The van der Waals surface area contributed by atoms with Gasteiger partial charge in [-0.3, -0.25) is 4.98 Å². The zero-order chi connectivity index (χ0) is 15.3. The SMILES string of the molecule is CCCNC(CC1CCS(=O)(=O)C1)c1nccnc1OC. The quantitative estimate of drug-likeness (QED) is 0.818. The van der Waals surface area contributed by atoms with Crippen molar-refractivity contribution in [1.82, 2.24) is 15.3 Å². The molecule has 118 valence electrons. The van der Waals surface area contributed by atoms with Crippen LogP contribution in [-0.2, 0) is 9.84 Å². The lowest BCUT2D eigenvalue weighted by Crippen LogP contribution is -2.26. The molecule has 1 aromatic heterocycles. The third kappa shape index (κ3) is 4.38. The molecule has 0 radical (unpaired) electrons. The van der Waals surface area contributed by atoms with Crippen molar-refractivity contribution in [3.8, 4) is 5.88 Å². The molecular formula is C14H23N3O3S. The van der Waals surface area contributed by atoms with Gasteiger partial charge in [0.15, 0.2) is 9.84 Å². The van der Waals surface area contributed by atoms with Crippen LogP contribution < -0.4 is 10.1 Å². The number of hydrogen-bond acceptors (Lipinski definition) is 6. The fraction of sp³-hybridized carbons (Fsp3) is 0.714. The number of hydrogen-bond donors (Lipinski definition) is 1. The Morgan fingerprint density at radius 3 is 2.81 bits per heavy atom. The summed E-state index contributed by atoms with van der Waals surface area (Å²) in [5, 5.41) is 3.44. The third-order valence-corrected chi connectivity index (χ3v) is 5.59. The second kappa shape index (κ2) is 7.17. The summed E-state index contributed by atoms with van der Waals surface area (Å²) in [4.78, 5) is 8.57. The molecule has 2 rings (SSSR count). The molecular weight excluding hydrogens is 290 g/mol. The predicted molar refractivity (Wildman–Crippen MR) is 81.0 cm³/mol. The topological polar surface area (TPSA) is 81.2 Å². The monoisotopic (exact) mass is 313 g/mol. The lowest BCUT2D eigenvalue weighted by atomic mass is 9.97. The molecule has 1 aliphatic rings. The fourth-order valence-corrected chi connectivity index (χ4v) is 4.61. The number of sulfone groups is 1. The summed E-state index contributed by atoms with van der Waals surface area (Å²) in [6.07, 6.45) is 5.72. The van der Waals surface area contributed by atoms with Crippen LogP contribution >= 0.6 is 0 Å². The minimum absolute atomic E-state index is 0.0214. The summed E-state index contributed by atoms with van der Waals surface area (Å²) in [6, 6.07) is -0.0214. The van der Waals surface area contributed by atoms with Crippen molar-refractivity contribution < 1.29 is 13.2 Å². The maximum Gasteiger partial charge on any atom is 0.236 e. The molecule has 2 atom stereocenters. The van der Waals surface area contributed by atoms with Crippen LogP contribution in [0.2, 0.25) is 0 Å². The molecule has 7 heteroatoms. The summed E-state index contributed by atoms with van der Waals surface area (Å²) >= 11 is 0. The zero-order valence-corrected chi connectivity index (χ0v) is 13.4. The molecule has 1 N–H and O–H groups in total. The highest BCUT2D eigenvalue weighted by atomic mass is 32.2. The number of nitrogens with zero attached hydrogens (tertiary/aromatic N) is 2. The van der Waals surface area contributed by atoms with Gasteiger partial charge in [-0.2, -0.15) is 0 Å². The highest BCUT2D eigenvalue weighted by Gasteiger charge is 2.31. The van der Waals surface area contributed by atoms with E-state index in [1.165, 1.54) is 0 Å². The molecule has 0 amide bonds. The van der Waals surface area contributed by atoms with E-state index in [2.05, 4.69) is 22.2 Å². The normalized spacial score (nSPS) is 22.1. The molecule has 0 aliphatic carbocycles. The van der Waals surface area contributed by atoms with E-state index in [1.54, 1.807) is 19.5 Å². The Morgan fingerprint density at radius 1 is 1.43 bits per heavy atom. The third-order valence-electron chi connectivity index (χ3n) is 3.75. The largest absolute Gasteiger partial charge is 0.480 e. The fourth-order valence-electron chi connectivity index (χ4n) is 2.73. The van der Waals surface area contributed by atoms with Gasteiger partial charge in [0.05, 0.1) is 24.7 Å². The minimum atomic E-state index is -2.85. The van der Waals surface area contributed by atoms with Gasteiger partial charge in [0, 0.05) is 12.4 Å². The van der Waals surface area contributed by atoms with E-state index in [0.717, 1.165) is 31.5 Å². The van der Waals surface area contributed by atoms with Gasteiger partial charge in [0.1, 0.15) is 5.69 Å². The van der Waals surface area contributed by atoms with Crippen LogP contribution in [0.5, 0.6) is 5.88 Å². The first kappa shape index (κ1) is 16.2. The van der Waals surface area contributed by atoms with Gasteiger partial charge < -0.3 is 10.1 Å². The van der Waals surface area contributed by atoms with Crippen LogP contribution in [0.3, 0.4) is 0 Å². The Balaban J connectivity index is 2.14. The van der Waals surface area contributed by atoms with Crippen molar-refractivity contribution in [2.24, 2.45) is 5.92 Å². The molecule has 1 aliphatic heterocycles. The summed E-state index contributed by atoms with van der Waals surface area (Å²) in [5.41, 5.74) is 0.762. The van der Waals surface area contributed by atoms with Crippen LogP contribution in [-0.4, -0.2) is 43.5 Å². The summed E-state index contributed by atoms with van der Waals surface area (Å²) in [7, 11) is -1.28. The van der Waals surface area contributed by atoms with Gasteiger partial charge in [-0.15, -0.1) is 0 Å². The van der Waals surface area contributed by atoms with Crippen molar-refractivity contribution in [2.45, 2.75) is 32.2 Å². The van der Waals surface area contributed by atoms with Gasteiger partial charge in [-0.05, 0) is 31.7 Å². The Labute approximate surface area is 126 Å². The van der Waals surface area contributed by atoms with Crippen molar-refractivity contribution in [2.75, 3.05) is 25.2 Å². The van der Waals surface area contributed by atoms with E-state index < -0.39 is 9.84 Å². The van der Waals surface area contributed by atoms with Gasteiger partial charge in [-0.1, -0.05) is 6.92 Å². The molecule has 21 heavy (non-hydrogen) atoms. The number of ether oxygens (including phenoxy) is 1. The van der Waals surface area contributed by atoms with Crippen molar-refractivity contribution in [3.05, 3.63) is 18.1 Å². The molecule has 1 saturated heterocycles. The van der Waals surface area contributed by atoms with Crippen molar-refractivity contribution in [3.63, 3.8) is 0 Å². The van der Waals surface area contributed by atoms with Crippen molar-refractivity contribution >= 4 is 9.84 Å². The molecule has 2 heterocycles. The molecule has 0 bridgehead atoms. The summed E-state index contributed by atoms with van der Waals surface area (Å²) in [5.74, 6) is 1.26. The van der Waals surface area contributed by atoms with Gasteiger partial charge >= 0.3 is 0 Å². The molecule has 0 spiro atoms. The Hall–Kier alpha value is -1.21. The average molecular weight is 313 g/mol. The predicted octanol–water partition coefficient (Wildman–Crippen LogP) is 1.35. The van der Waals surface area contributed by atoms with E-state index in [9.17, 15) is 8.42 Å². The first-order chi connectivity index (χ1) is 10.1. The van der Waals surface area contributed by atoms with Gasteiger partial charge in [-0.25, -0.2) is 13.4 Å². The molecule has 2 unspecified atom stereocenters. The van der Waals surface area contributed by atoms with Gasteiger partial charge in [0.25, 0.3) is 0 Å². The maximum atomic E-state index is 11.6. The Morgan fingerprint density at radius 2 is 2.19 bits per heavy atom. The lowest BCUT2D eigenvalue weighted by molar-refractivity contribution is 0.357. The number of methoxy groups -OCH3 is 1. The first-order valence-electron chi connectivity index (χ1n) is 7.34. The van der Waals surface area contributed by atoms with E-state index >= 15 is 0 Å². The minimum Gasteiger partial charge on any atom is -0.480 e. The first-order valence-corrected chi connectivity index (χ1v) is 9.16. The van der Waals surface area contributed by atoms with Crippen molar-refractivity contribution in [1.29, 1.82) is 0 Å². The standard InChI is InChI=1S/C14H23N3O3S/c1-3-5-15-12(9-11-4-8-21(18,19)10-11)13-14(20-2)17-7-6-16-13/h6-7,11-12,15H,3-5,8-10H2,1-2H3. The smallest absolute Gasteiger partial charge is 0.236 e.